The van der Waals surface area contributed by atoms with Crippen LogP contribution < -0.4 is 0 Å². The van der Waals surface area contributed by atoms with Crippen molar-refractivity contribution in [2.45, 2.75) is 33.6 Å². The maximum absolute atomic E-state index is 12.7. The number of halogens is 2. The highest BCUT2D eigenvalue weighted by atomic mass is 19.3. The Hall–Kier alpha value is -3.90. The smallest absolute Gasteiger partial charge is 0.315 e. The van der Waals surface area contributed by atoms with Crippen LogP contribution in [0, 0.1) is 25.7 Å². The number of rotatable bonds is 3. The molecule has 7 nitrogen and oxygen atoms in total. The molecular formula is C23H18F2N6O. The zero-order valence-corrected chi connectivity index (χ0v) is 17.4. The van der Waals surface area contributed by atoms with Gasteiger partial charge in [0.05, 0.1) is 17.9 Å². The highest BCUT2D eigenvalue weighted by Gasteiger charge is 2.26. The van der Waals surface area contributed by atoms with Crippen LogP contribution in [0.4, 0.5) is 8.78 Å². The van der Waals surface area contributed by atoms with E-state index in [-0.39, 0.29) is 6.61 Å². The Morgan fingerprint density at radius 1 is 1.09 bits per heavy atom. The van der Waals surface area contributed by atoms with Gasteiger partial charge in [0.25, 0.3) is 0 Å². The first kappa shape index (κ1) is 20.0. The standard InChI is InChI=1S/C23H18F2N6O/c1-14-3-8-19-17(9-14)22-29-28-21(12-32-23(24)25)30(22)11-20-18(27-13-31(19)20)7-6-16-5-4-15(2)26-10-16/h3-5,8-10,13,23H,11-12H2,1-2H3. The second-order valence-corrected chi connectivity index (χ2v) is 7.47. The van der Waals surface area contributed by atoms with E-state index < -0.39 is 6.61 Å². The molecule has 0 amide bonds. The van der Waals surface area contributed by atoms with Gasteiger partial charge in [-0.05, 0) is 44.0 Å². The fraction of sp³-hybridized carbons (Fsp3) is 0.217. The van der Waals surface area contributed by atoms with Gasteiger partial charge in [0.1, 0.15) is 18.6 Å². The van der Waals surface area contributed by atoms with E-state index in [0.29, 0.717) is 23.9 Å². The van der Waals surface area contributed by atoms with Gasteiger partial charge in [0, 0.05) is 23.0 Å². The molecule has 0 saturated heterocycles. The number of hydrogen-bond acceptors (Lipinski definition) is 5. The molecule has 4 heterocycles. The molecular weight excluding hydrogens is 414 g/mol. The Morgan fingerprint density at radius 2 is 1.97 bits per heavy atom. The minimum atomic E-state index is -2.89. The molecule has 0 fully saturated rings. The molecule has 0 bridgehead atoms. The van der Waals surface area contributed by atoms with Crippen molar-refractivity contribution >= 4 is 0 Å². The second-order valence-electron chi connectivity index (χ2n) is 7.47. The van der Waals surface area contributed by atoms with E-state index in [0.717, 1.165) is 33.8 Å². The Bertz CT molecular complexity index is 1360. The molecule has 0 spiro atoms. The molecule has 3 aromatic heterocycles. The van der Waals surface area contributed by atoms with E-state index in [1.54, 1.807) is 17.1 Å². The largest absolute Gasteiger partial charge is 0.345 e. The van der Waals surface area contributed by atoms with Crippen LogP contribution in [-0.2, 0) is 17.9 Å². The quantitative estimate of drug-likeness (QED) is 0.407. The van der Waals surface area contributed by atoms with Gasteiger partial charge in [0.15, 0.2) is 11.6 Å². The van der Waals surface area contributed by atoms with Gasteiger partial charge in [-0.1, -0.05) is 17.6 Å². The zero-order valence-electron chi connectivity index (χ0n) is 17.4. The molecule has 9 heteroatoms. The van der Waals surface area contributed by atoms with Crippen LogP contribution in [-0.4, -0.2) is 35.9 Å². The lowest BCUT2D eigenvalue weighted by Gasteiger charge is -2.08. The molecule has 0 aliphatic carbocycles. The van der Waals surface area contributed by atoms with Crippen molar-refractivity contribution in [3.63, 3.8) is 0 Å². The molecule has 0 N–H and O–H groups in total. The normalized spacial score (nSPS) is 11.9. The minimum Gasteiger partial charge on any atom is -0.315 e. The number of nitrogens with zero attached hydrogens (tertiary/aromatic N) is 6. The number of aromatic nitrogens is 6. The number of pyridine rings is 1. The minimum absolute atomic E-state index is 0.309. The van der Waals surface area contributed by atoms with Crippen molar-refractivity contribution in [2.75, 3.05) is 0 Å². The summed E-state index contributed by atoms with van der Waals surface area (Å²) in [5.74, 6) is 7.12. The third-order valence-corrected chi connectivity index (χ3v) is 5.23. The highest BCUT2D eigenvalue weighted by molar-refractivity contribution is 5.70. The number of benzene rings is 1. The van der Waals surface area contributed by atoms with Crippen molar-refractivity contribution in [3.8, 4) is 28.9 Å². The first-order valence-corrected chi connectivity index (χ1v) is 9.93. The van der Waals surface area contributed by atoms with Gasteiger partial charge in [-0.25, -0.2) is 4.98 Å². The molecule has 0 unspecified atom stereocenters. The summed E-state index contributed by atoms with van der Waals surface area (Å²) in [6, 6.07) is 9.77. The SMILES string of the molecule is Cc1ccc2c(c1)-c1nnc(COC(F)F)n1Cc1c(C#Cc3ccc(C)nc3)ncn1-2. The van der Waals surface area contributed by atoms with Crippen LogP contribution in [0.5, 0.6) is 0 Å². The summed E-state index contributed by atoms with van der Waals surface area (Å²) in [7, 11) is 0. The first-order valence-electron chi connectivity index (χ1n) is 9.93. The summed E-state index contributed by atoms with van der Waals surface area (Å²) in [5, 5.41) is 8.39. The van der Waals surface area contributed by atoms with Gasteiger partial charge in [-0.3, -0.25) is 9.55 Å². The highest BCUT2D eigenvalue weighted by Crippen LogP contribution is 2.33. The van der Waals surface area contributed by atoms with Crippen LogP contribution in [0.2, 0.25) is 0 Å². The molecule has 5 rings (SSSR count). The predicted molar refractivity (Wildman–Crippen MR) is 112 cm³/mol. The topological polar surface area (TPSA) is 70.7 Å². The molecule has 1 aliphatic rings. The van der Waals surface area contributed by atoms with E-state index in [1.807, 2.05) is 48.7 Å². The van der Waals surface area contributed by atoms with Crippen LogP contribution in [0.25, 0.3) is 17.1 Å². The summed E-state index contributed by atoms with van der Waals surface area (Å²) in [4.78, 5) is 8.78. The number of aryl methyl sites for hydroxylation is 2. The van der Waals surface area contributed by atoms with Crippen molar-refractivity contribution < 1.29 is 13.5 Å². The van der Waals surface area contributed by atoms with Gasteiger partial charge < -0.3 is 9.30 Å². The molecule has 0 atom stereocenters. The number of ether oxygens (including phenoxy) is 1. The molecule has 0 radical (unpaired) electrons. The Morgan fingerprint density at radius 3 is 2.75 bits per heavy atom. The van der Waals surface area contributed by atoms with Gasteiger partial charge in [0.2, 0.25) is 0 Å². The zero-order chi connectivity index (χ0) is 22.2. The second kappa shape index (κ2) is 7.98. The average molecular weight is 432 g/mol. The van der Waals surface area contributed by atoms with Gasteiger partial charge in [-0.15, -0.1) is 10.2 Å². The lowest BCUT2D eigenvalue weighted by Crippen LogP contribution is -2.11. The van der Waals surface area contributed by atoms with E-state index in [4.69, 9.17) is 0 Å². The molecule has 160 valence electrons. The molecule has 32 heavy (non-hydrogen) atoms. The fourth-order valence-electron chi connectivity index (χ4n) is 3.64. The van der Waals surface area contributed by atoms with Crippen molar-refractivity contribution in [1.82, 2.24) is 29.3 Å². The predicted octanol–water partition coefficient (Wildman–Crippen LogP) is 3.64. The van der Waals surface area contributed by atoms with Gasteiger partial charge in [-0.2, -0.15) is 8.78 Å². The average Bonchev–Trinajstić information content (AvgIpc) is 3.33. The summed E-state index contributed by atoms with van der Waals surface area (Å²) in [6.45, 7) is 0.967. The van der Waals surface area contributed by atoms with E-state index in [9.17, 15) is 8.78 Å². The van der Waals surface area contributed by atoms with E-state index >= 15 is 0 Å². The third-order valence-electron chi connectivity index (χ3n) is 5.23. The maximum Gasteiger partial charge on any atom is 0.345 e. The Labute approximate surface area is 182 Å². The molecule has 0 saturated carbocycles. The monoisotopic (exact) mass is 432 g/mol. The van der Waals surface area contributed by atoms with Crippen molar-refractivity contribution in [1.29, 1.82) is 0 Å². The third kappa shape index (κ3) is 3.65. The van der Waals surface area contributed by atoms with Crippen molar-refractivity contribution in [3.05, 3.63) is 76.9 Å². The summed E-state index contributed by atoms with van der Waals surface area (Å²) in [6.07, 6.45) is 3.43. The van der Waals surface area contributed by atoms with Crippen LogP contribution >= 0.6 is 0 Å². The lowest BCUT2D eigenvalue weighted by atomic mass is 10.1. The molecule has 4 aromatic rings. The molecule has 1 aromatic carbocycles. The summed E-state index contributed by atoms with van der Waals surface area (Å²) in [5.41, 5.74) is 5.82. The summed E-state index contributed by atoms with van der Waals surface area (Å²) >= 11 is 0. The number of hydrogen-bond donors (Lipinski definition) is 0. The van der Waals surface area contributed by atoms with Crippen LogP contribution in [0.1, 0.15) is 34.0 Å². The fourth-order valence-corrected chi connectivity index (χ4v) is 3.64. The number of alkyl halides is 2. The summed E-state index contributed by atoms with van der Waals surface area (Å²) < 4.78 is 33.5. The lowest BCUT2D eigenvalue weighted by molar-refractivity contribution is -0.139. The van der Waals surface area contributed by atoms with E-state index in [2.05, 4.69) is 36.7 Å². The van der Waals surface area contributed by atoms with E-state index in [1.165, 1.54) is 0 Å². The Balaban J connectivity index is 1.63. The van der Waals surface area contributed by atoms with Gasteiger partial charge >= 0.3 is 6.61 Å². The molecule has 1 aliphatic heterocycles. The first-order chi connectivity index (χ1) is 15.5. The Kier molecular flexibility index (Phi) is 4.99. The maximum atomic E-state index is 12.7. The van der Waals surface area contributed by atoms with Crippen molar-refractivity contribution in [2.24, 2.45) is 0 Å². The van der Waals surface area contributed by atoms with Crippen LogP contribution in [0.15, 0.2) is 42.9 Å². The number of fused-ring (bicyclic) bond motifs is 5. The van der Waals surface area contributed by atoms with Crippen LogP contribution in [0.3, 0.4) is 0 Å². The number of imidazole rings is 1.